The molecule has 2 rings (SSSR count). The summed E-state index contributed by atoms with van der Waals surface area (Å²) >= 11 is 0. The number of nitrogens with two attached hydrogens (primary N) is 1. The molecule has 3 heteroatoms. The third kappa shape index (κ3) is 2.35. The van der Waals surface area contributed by atoms with E-state index in [0.29, 0.717) is 0 Å². The number of benzene rings is 1. The Morgan fingerprint density at radius 3 is 2.44 bits per heavy atom. The van der Waals surface area contributed by atoms with Crippen LogP contribution in [0.25, 0.3) is 0 Å². The molecule has 3 nitrogen and oxygen atoms in total. The number of nitrogens with zero attached hydrogens (tertiary/aromatic N) is 1. The molecule has 1 aromatic carbocycles. The molecule has 1 aromatic rings. The second-order valence-corrected chi connectivity index (χ2v) is 4.64. The van der Waals surface area contributed by atoms with Crippen molar-refractivity contribution in [2.45, 2.75) is 19.3 Å². The normalized spacial score (nSPS) is 15.6. The fourth-order valence-electron chi connectivity index (χ4n) is 2.06. The molecule has 1 aliphatic carbocycles. The van der Waals surface area contributed by atoms with Crippen molar-refractivity contribution in [2.24, 2.45) is 11.7 Å². The van der Waals surface area contributed by atoms with E-state index in [9.17, 15) is 0 Å². The van der Waals surface area contributed by atoms with E-state index in [1.54, 1.807) is 0 Å². The van der Waals surface area contributed by atoms with Crippen LogP contribution < -0.4 is 10.6 Å². The molecule has 0 unspecified atom stereocenters. The van der Waals surface area contributed by atoms with Crippen molar-refractivity contribution in [3.05, 3.63) is 29.8 Å². The first-order chi connectivity index (χ1) is 7.66. The smallest absolute Gasteiger partial charge is 0.122 e. The Hall–Kier alpha value is -1.51. The average Bonchev–Trinajstić information content (AvgIpc) is 2.23. The predicted octanol–water partition coefficient (Wildman–Crippen LogP) is 2.21. The molecule has 1 aliphatic rings. The van der Waals surface area contributed by atoms with Crippen LogP contribution in [0.1, 0.15) is 24.8 Å². The summed E-state index contributed by atoms with van der Waals surface area (Å²) in [5.74, 6) is 1.01. The van der Waals surface area contributed by atoms with Crippen LogP contribution in [0.2, 0.25) is 0 Å². The summed E-state index contributed by atoms with van der Waals surface area (Å²) in [6, 6.07) is 7.90. The van der Waals surface area contributed by atoms with Crippen LogP contribution in [-0.2, 0) is 0 Å². The largest absolute Gasteiger partial charge is 0.384 e. The molecule has 0 aliphatic heterocycles. The Balaban J connectivity index is 1.99. The van der Waals surface area contributed by atoms with Gasteiger partial charge in [0, 0.05) is 24.8 Å². The van der Waals surface area contributed by atoms with Crippen LogP contribution in [0.4, 0.5) is 5.69 Å². The van der Waals surface area contributed by atoms with Gasteiger partial charge in [-0.2, -0.15) is 0 Å². The highest BCUT2D eigenvalue weighted by atomic mass is 15.1. The number of nitrogen functional groups attached to an aromatic ring is 1. The number of hydrogen-bond donors (Lipinski definition) is 2. The summed E-state index contributed by atoms with van der Waals surface area (Å²) in [4.78, 5) is 2.29. The Morgan fingerprint density at radius 2 is 2.00 bits per heavy atom. The van der Waals surface area contributed by atoms with Gasteiger partial charge >= 0.3 is 0 Å². The summed E-state index contributed by atoms with van der Waals surface area (Å²) < 4.78 is 0. The highest BCUT2D eigenvalue weighted by molar-refractivity contribution is 5.95. The van der Waals surface area contributed by atoms with E-state index >= 15 is 0 Å². The summed E-state index contributed by atoms with van der Waals surface area (Å²) in [7, 11) is 2.13. The minimum absolute atomic E-state index is 0.133. The highest BCUT2D eigenvalue weighted by Crippen LogP contribution is 2.28. The van der Waals surface area contributed by atoms with E-state index in [1.807, 2.05) is 24.3 Å². The summed E-state index contributed by atoms with van der Waals surface area (Å²) in [5.41, 5.74) is 7.42. The predicted molar refractivity (Wildman–Crippen MR) is 68.1 cm³/mol. The maximum absolute atomic E-state index is 7.33. The molecule has 0 amide bonds. The molecule has 16 heavy (non-hydrogen) atoms. The Morgan fingerprint density at radius 1 is 1.38 bits per heavy atom. The Bertz CT molecular complexity index is 365. The molecule has 0 radical (unpaired) electrons. The molecule has 1 fully saturated rings. The van der Waals surface area contributed by atoms with Gasteiger partial charge in [0.1, 0.15) is 5.84 Å². The van der Waals surface area contributed by atoms with Crippen molar-refractivity contribution in [2.75, 3.05) is 18.5 Å². The second kappa shape index (κ2) is 4.56. The summed E-state index contributed by atoms with van der Waals surface area (Å²) in [6.45, 7) is 1.14. The minimum atomic E-state index is 0.133. The second-order valence-electron chi connectivity index (χ2n) is 4.64. The molecule has 0 heterocycles. The summed E-state index contributed by atoms with van der Waals surface area (Å²) in [5, 5.41) is 7.33. The van der Waals surface area contributed by atoms with Gasteiger partial charge in [-0.15, -0.1) is 0 Å². The third-order valence-electron chi connectivity index (χ3n) is 3.38. The lowest BCUT2D eigenvalue weighted by molar-refractivity contribution is 0.321. The summed E-state index contributed by atoms with van der Waals surface area (Å²) in [6.07, 6.45) is 4.13. The first-order valence-electron chi connectivity index (χ1n) is 5.82. The van der Waals surface area contributed by atoms with Crippen LogP contribution in [0.5, 0.6) is 0 Å². The van der Waals surface area contributed by atoms with Crippen molar-refractivity contribution >= 4 is 11.5 Å². The molecular weight excluding hydrogens is 198 g/mol. The van der Waals surface area contributed by atoms with Gasteiger partial charge in [0.05, 0.1) is 0 Å². The van der Waals surface area contributed by atoms with Gasteiger partial charge in [0.25, 0.3) is 0 Å². The SMILES string of the molecule is CN(CC1CCC1)c1ccc(C(=N)N)cc1. The number of amidine groups is 1. The van der Waals surface area contributed by atoms with Crippen LogP contribution in [0.15, 0.2) is 24.3 Å². The molecule has 0 bridgehead atoms. The number of nitrogens with one attached hydrogen (secondary N) is 1. The average molecular weight is 217 g/mol. The molecule has 0 aromatic heterocycles. The molecule has 3 N–H and O–H groups in total. The zero-order valence-electron chi connectivity index (χ0n) is 9.74. The molecule has 1 saturated carbocycles. The fraction of sp³-hybridized carbons (Fsp3) is 0.462. The van der Waals surface area contributed by atoms with Crippen LogP contribution in [0.3, 0.4) is 0 Å². The van der Waals surface area contributed by atoms with Gasteiger partial charge in [0.2, 0.25) is 0 Å². The number of rotatable bonds is 4. The minimum Gasteiger partial charge on any atom is -0.384 e. The number of anilines is 1. The van der Waals surface area contributed by atoms with E-state index in [4.69, 9.17) is 11.1 Å². The van der Waals surface area contributed by atoms with E-state index in [2.05, 4.69) is 11.9 Å². The van der Waals surface area contributed by atoms with E-state index in [0.717, 1.165) is 18.0 Å². The first kappa shape index (κ1) is 11.0. The van der Waals surface area contributed by atoms with Crippen molar-refractivity contribution in [3.8, 4) is 0 Å². The van der Waals surface area contributed by atoms with E-state index in [1.165, 1.54) is 24.9 Å². The zero-order chi connectivity index (χ0) is 11.5. The van der Waals surface area contributed by atoms with Gasteiger partial charge in [0.15, 0.2) is 0 Å². The molecule has 0 saturated heterocycles. The van der Waals surface area contributed by atoms with Crippen LogP contribution in [-0.4, -0.2) is 19.4 Å². The van der Waals surface area contributed by atoms with Crippen molar-refractivity contribution in [1.82, 2.24) is 0 Å². The number of hydrogen-bond acceptors (Lipinski definition) is 2. The topological polar surface area (TPSA) is 53.1 Å². The van der Waals surface area contributed by atoms with Gasteiger partial charge in [-0.1, -0.05) is 6.42 Å². The fourth-order valence-corrected chi connectivity index (χ4v) is 2.06. The van der Waals surface area contributed by atoms with Crippen molar-refractivity contribution in [1.29, 1.82) is 5.41 Å². The molecule has 86 valence electrons. The maximum Gasteiger partial charge on any atom is 0.122 e. The van der Waals surface area contributed by atoms with Crippen LogP contribution in [0, 0.1) is 11.3 Å². The first-order valence-corrected chi connectivity index (χ1v) is 5.82. The Kier molecular flexibility index (Phi) is 3.13. The van der Waals surface area contributed by atoms with Gasteiger partial charge in [-0.3, -0.25) is 5.41 Å². The quantitative estimate of drug-likeness (QED) is 0.600. The van der Waals surface area contributed by atoms with Gasteiger partial charge in [-0.05, 0) is 43.0 Å². The molecular formula is C13H19N3. The lowest BCUT2D eigenvalue weighted by Crippen LogP contribution is -2.29. The van der Waals surface area contributed by atoms with Crippen molar-refractivity contribution in [3.63, 3.8) is 0 Å². The zero-order valence-corrected chi connectivity index (χ0v) is 9.74. The van der Waals surface area contributed by atoms with Gasteiger partial charge in [-0.25, -0.2) is 0 Å². The van der Waals surface area contributed by atoms with Crippen LogP contribution >= 0.6 is 0 Å². The van der Waals surface area contributed by atoms with E-state index < -0.39 is 0 Å². The maximum atomic E-state index is 7.33. The molecule has 0 atom stereocenters. The van der Waals surface area contributed by atoms with E-state index in [-0.39, 0.29) is 5.84 Å². The monoisotopic (exact) mass is 217 g/mol. The van der Waals surface area contributed by atoms with Crippen molar-refractivity contribution < 1.29 is 0 Å². The Labute approximate surface area is 96.8 Å². The lowest BCUT2D eigenvalue weighted by atomic mass is 9.85. The highest BCUT2D eigenvalue weighted by Gasteiger charge is 2.19. The van der Waals surface area contributed by atoms with Gasteiger partial charge < -0.3 is 10.6 Å². The molecule has 0 spiro atoms. The standard InChI is InChI=1S/C13H19N3/c1-16(9-10-3-2-4-10)12-7-5-11(6-8-12)13(14)15/h5-8,10H,2-4,9H2,1H3,(H3,14,15). The lowest BCUT2D eigenvalue weighted by Gasteiger charge is -2.31. The third-order valence-corrected chi connectivity index (χ3v) is 3.38.